The van der Waals surface area contributed by atoms with Crippen LogP contribution in [0.1, 0.15) is 18.1 Å². The van der Waals surface area contributed by atoms with Gasteiger partial charge in [0.05, 0.1) is 7.11 Å². The molecule has 1 atom stereocenters. The first kappa shape index (κ1) is 18.3. The van der Waals surface area contributed by atoms with Crippen LogP contribution >= 0.6 is 0 Å². The second-order valence-corrected chi connectivity index (χ2v) is 5.55. The van der Waals surface area contributed by atoms with Crippen molar-refractivity contribution in [2.45, 2.75) is 20.0 Å². The van der Waals surface area contributed by atoms with Crippen LogP contribution in [-0.4, -0.2) is 25.1 Å². The van der Waals surface area contributed by atoms with E-state index in [9.17, 15) is 9.59 Å². The van der Waals surface area contributed by atoms with Crippen LogP contribution in [0.3, 0.4) is 0 Å². The van der Waals surface area contributed by atoms with E-state index in [1.807, 2.05) is 43.3 Å². The molecule has 2 rings (SSSR count). The maximum absolute atomic E-state index is 12.1. The number of carbonyl (C=O) groups excluding carboxylic acids is 2. The summed E-state index contributed by atoms with van der Waals surface area (Å²) in [5.74, 6) is -0.273. The first-order valence-electron chi connectivity index (χ1n) is 7.88. The molecule has 5 heteroatoms. The zero-order chi connectivity index (χ0) is 18.2. The number of nitrogens with one attached hydrogen (secondary N) is 1. The molecule has 0 radical (unpaired) electrons. The molecule has 0 aliphatic rings. The Morgan fingerprint density at radius 3 is 2.60 bits per heavy atom. The van der Waals surface area contributed by atoms with Crippen LogP contribution in [0.4, 0.5) is 5.69 Å². The van der Waals surface area contributed by atoms with E-state index in [4.69, 9.17) is 9.47 Å². The van der Waals surface area contributed by atoms with Crippen LogP contribution in [-0.2, 0) is 14.3 Å². The minimum Gasteiger partial charge on any atom is -0.497 e. The second-order valence-electron chi connectivity index (χ2n) is 5.55. The summed E-state index contributed by atoms with van der Waals surface area (Å²) < 4.78 is 10.2. The summed E-state index contributed by atoms with van der Waals surface area (Å²) in [6, 6.07) is 14.7. The molecule has 1 N–H and O–H groups in total. The van der Waals surface area contributed by atoms with E-state index in [-0.39, 0.29) is 5.91 Å². The number of esters is 1. The molecule has 5 nitrogen and oxygen atoms in total. The Balaban J connectivity index is 1.90. The van der Waals surface area contributed by atoms with Crippen LogP contribution in [0.5, 0.6) is 5.75 Å². The van der Waals surface area contributed by atoms with Gasteiger partial charge in [-0.3, -0.25) is 4.79 Å². The Morgan fingerprint density at radius 1 is 1.12 bits per heavy atom. The van der Waals surface area contributed by atoms with Crippen molar-refractivity contribution in [3.63, 3.8) is 0 Å². The van der Waals surface area contributed by atoms with Crippen molar-refractivity contribution < 1.29 is 19.1 Å². The molecule has 0 saturated heterocycles. The van der Waals surface area contributed by atoms with Gasteiger partial charge in [0.2, 0.25) is 0 Å². The van der Waals surface area contributed by atoms with Gasteiger partial charge in [-0.05, 0) is 55.3 Å². The minimum absolute atomic E-state index is 0.381. The molecule has 0 aromatic heterocycles. The summed E-state index contributed by atoms with van der Waals surface area (Å²) in [5, 5.41) is 2.72. The number of carbonyl (C=O) groups is 2. The van der Waals surface area contributed by atoms with E-state index >= 15 is 0 Å². The van der Waals surface area contributed by atoms with Crippen molar-refractivity contribution in [2.75, 3.05) is 12.4 Å². The number of amides is 1. The average Bonchev–Trinajstić information content (AvgIpc) is 2.60. The first-order valence-corrected chi connectivity index (χ1v) is 7.88. The highest BCUT2D eigenvalue weighted by molar-refractivity contribution is 5.96. The topological polar surface area (TPSA) is 64.6 Å². The predicted molar refractivity (Wildman–Crippen MR) is 97.4 cm³/mol. The lowest BCUT2D eigenvalue weighted by Gasteiger charge is -2.12. The minimum atomic E-state index is -0.900. The number of rotatable bonds is 6. The molecule has 0 aliphatic heterocycles. The highest BCUT2D eigenvalue weighted by atomic mass is 16.5. The van der Waals surface area contributed by atoms with Gasteiger partial charge in [0, 0.05) is 11.8 Å². The van der Waals surface area contributed by atoms with Crippen molar-refractivity contribution in [1.82, 2.24) is 0 Å². The molecular weight excluding hydrogens is 318 g/mol. The monoisotopic (exact) mass is 339 g/mol. The van der Waals surface area contributed by atoms with Gasteiger partial charge in [-0.25, -0.2) is 4.79 Å². The quantitative estimate of drug-likeness (QED) is 0.645. The lowest BCUT2D eigenvalue weighted by molar-refractivity contribution is -0.148. The van der Waals surface area contributed by atoms with Crippen molar-refractivity contribution in [1.29, 1.82) is 0 Å². The molecule has 1 amide bonds. The largest absolute Gasteiger partial charge is 0.497 e. The highest BCUT2D eigenvalue weighted by Crippen LogP contribution is 2.14. The summed E-state index contributed by atoms with van der Waals surface area (Å²) in [6.45, 7) is 3.46. The van der Waals surface area contributed by atoms with Crippen molar-refractivity contribution in [3.05, 3.63) is 65.7 Å². The molecule has 130 valence electrons. The Labute approximate surface area is 147 Å². The van der Waals surface area contributed by atoms with E-state index in [1.54, 1.807) is 25.3 Å². The third-order valence-corrected chi connectivity index (χ3v) is 3.45. The van der Waals surface area contributed by atoms with Gasteiger partial charge in [-0.1, -0.05) is 24.3 Å². The van der Waals surface area contributed by atoms with Crippen molar-refractivity contribution in [3.8, 4) is 5.75 Å². The summed E-state index contributed by atoms with van der Waals surface area (Å²) >= 11 is 0. The predicted octanol–water partition coefficient (Wildman–Crippen LogP) is 3.59. The lowest BCUT2D eigenvalue weighted by Crippen LogP contribution is -2.29. The zero-order valence-electron chi connectivity index (χ0n) is 14.5. The van der Waals surface area contributed by atoms with Gasteiger partial charge in [0.25, 0.3) is 5.91 Å². The summed E-state index contributed by atoms with van der Waals surface area (Å²) in [5.41, 5.74) is 2.50. The average molecular weight is 339 g/mol. The Morgan fingerprint density at radius 2 is 1.88 bits per heavy atom. The first-order chi connectivity index (χ1) is 12.0. The van der Waals surface area contributed by atoms with Crippen LogP contribution in [0.15, 0.2) is 54.6 Å². The van der Waals surface area contributed by atoms with E-state index in [0.29, 0.717) is 11.4 Å². The standard InChI is InChI=1S/C20H21NO4/c1-14-6-4-8-17(12-14)21-20(23)15(2)25-19(22)11-10-16-7-5-9-18(13-16)24-3/h4-13,15H,1-3H3,(H,21,23)/b11-10+/t15-/m0/s1. The molecular formula is C20H21NO4. The van der Waals surface area contributed by atoms with Gasteiger partial charge in [0.1, 0.15) is 5.75 Å². The number of ether oxygens (including phenoxy) is 2. The normalized spacial score (nSPS) is 11.8. The maximum atomic E-state index is 12.1. The van der Waals surface area contributed by atoms with Crippen LogP contribution in [0.2, 0.25) is 0 Å². The molecule has 0 aliphatic carbocycles. The number of hydrogen-bond donors (Lipinski definition) is 1. The molecule has 25 heavy (non-hydrogen) atoms. The number of benzene rings is 2. The fourth-order valence-electron chi connectivity index (χ4n) is 2.14. The van der Waals surface area contributed by atoms with Gasteiger partial charge >= 0.3 is 5.97 Å². The lowest BCUT2D eigenvalue weighted by atomic mass is 10.2. The van der Waals surface area contributed by atoms with Crippen LogP contribution < -0.4 is 10.1 Å². The number of hydrogen-bond acceptors (Lipinski definition) is 4. The third-order valence-electron chi connectivity index (χ3n) is 3.45. The molecule has 0 saturated carbocycles. The number of methoxy groups -OCH3 is 1. The fourth-order valence-corrected chi connectivity index (χ4v) is 2.14. The van der Waals surface area contributed by atoms with Gasteiger partial charge in [-0.2, -0.15) is 0 Å². The van der Waals surface area contributed by atoms with Crippen molar-refractivity contribution >= 4 is 23.6 Å². The summed E-state index contributed by atoms with van der Waals surface area (Å²) in [4.78, 5) is 24.0. The highest BCUT2D eigenvalue weighted by Gasteiger charge is 2.16. The van der Waals surface area contributed by atoms with E-state index in [1.165, 1.54) is 13.0 Å². The zero-order valence-corrected chi connectivity index (χ0v) is 14.5. The Bertz CT molecular complexity index is 783. The van der Waals surface area contributed by atoms with Crippen LogP contribution in [0, 0.1) is 6.92 Å². The SMILES string of the molecule is COc1cccc(/C=C/C(=O)O[C@@H](C)C(=O)Nc2cccc(C)c2)c1. The fraction of sp³-hybridized carbons (Fsp3) is 0.200. The van der Waals surface area contributed by atoms with Gasteiger partial charge in [-0.15, -0.1) is 0 Å². The maximum Gasteiger partial charge on any atom is 0.331 e. The van der Waals surface area contributed by atoms with E-state index in [2.05, 4.69) is 5.32 Å². The molecule has 0 unspecified atom stereocenters. The molecule has 0 heterocycles. The van der Waals surface area contributed by atoms with E-state index in [0.717, 1.165) is 11.1 Å². The third kappa shape index (κ3) is 5.80. The number of anilines is 1. The van der Waals surface area contributed by atoms with Crippen molar-refractivity contribution in [2.24, 2.45) is 0 Å². The van der Waals surface area contributed by atoms with E-state index < -0.39 is 12.1 Å². The van der Waals surface area contributed by atoms with Gasteiger partial charge < -0.3 is 14.8 Å². The molecule has 0 bridgehead atoms. The smallest absolute Gasteiger partial charge is 0.331 e. The molecule has 2 aromatic carbocycles. The Hall–Kier alpha value is -3.08. The van der Waals surface area contributed by atoms with Crippen LogP contribution in [0.25, 0.3) is 6.08 Å². The second kappa shape index (κ2) is 8.68. The summed E-state index contributed by atoms with van der Waals surface area (Å²) in [7, 11) is 1.58. The molecule has 0 spiro atoms. The Kier molecular flexibility index (Phi) is 6.34. The molecule has 0 fully saturated rings. The van der Waals surface area contributed by atoms with Gasteiger partial charge in [0.15, 0.2) is 6.10 Å². The summed E-state index contributed by atoms with van der Waals surface area (Å²) in [6.07, 6.45) is 1.99. The molecule has 2 aromatic rings. The number of aryl methyl sites for hydroxylation is 1.